The summed E-state index contributed by atoms with van der Waals surface area (Å²) in [5.74, 6) is -0.140. The number of rotatable bonds is 3. The molecule has 21 heavy (non-hydrogen) atoms. The first kappa shape index (κ1) is 14.3. The van der Waals surface area contributed by atoms with Gasteiger partial charge in [0.15, 0.2) is 5.13 Å². The van der Waals surface area contributed by atoms with Crippen molar-refractivity contribution in [3.63, 3.8) is 0 Å². The van der Waals surface area contributed by atoms with Crippen molar-refractivity contribution < 1.29 is 4.79 Å². The summed E-state index contributed by atoms with van der Waals surface area (Å²) in [6.07, 6.45) is 1.90. The third kappa shape index (κ3) is 2.73. The molecule has 0 aliphatic rings. The van der Waals surface area contributed by atoms with Gasteiger partial charge >= 0.3 is 0 Å². The van der Waals surface area contributed by atoms with Gasteiger partial charge in [0.05, 0.1) is 10.2 Å². The van der Waals surface area contributed by atoms with Crippen LogP contribution in [0.3, 0.4) is 0 Å². The Kier molecular flexibility index (Phi) is 3.82. The maximum atomic E-state index is 12.4. The maximum Gasteiger partial charge on any atom is 0.274 e. The highest BCUT2D eigenvalue weighted by Crippen LogP contribution is 2.28. The van der Waals surface area contributed by atoms with E-state index in [0.717, 1.165) is 26.8 Å². The number of thiazole rings is 1. The zero-order valence-electron chi connectivity index (χ0n) is 11.7. The van der Waals surface area contributed by atoms with Crippen molar-refractivity contribution in [2.75, 3.05) is 5.32 Å². The lowest BCUT2D eigenvalue weighted by Gasteiger charge is -2.05. The second-order valence-corrected chi connectivity index (χ2v) is 6.67. The van der Waals surface area contributed by atoms with Gasteiger partial charge in [0, 0.05) is 17.2 Å². The van der Waals surface area contributed by atoms with Gasteiger partial charge in [-0.3, -0.25) is 10.1 Å². The molecule has 0 unspecified atom stereocenters. The van der Waals surface area contributed by atoms with E-state index in [4.69, 9.17) is 0 Å². The van der Waals surface area contributed by atoms with E-state index < -0.39 is 0 Å². The molecule has 3 aromatic rings. The fraction of sp³-hybridized carbons (Fsp3) is 0.200. The Morgan fingerprint density at radius 2 is 2.29 bits per heavy atom. The molecule has 1 amide bonds. The summed E-state index contributed by atoms with van der Waals surface area (Å²) >= 11 is 4.89. The van der Waals surface area contributed by atoms with Crippen molar-refractivity contribution in [2.24, 2.45) is 0 Å². The molecule has 2 aromatic heterocycles. The second-order valence-electron chi connectivity index (χ2n) is 4.72. The number of hydrogen-bond acceptors (Lipinski definition) is 3. The Morgan fingerprint density at radius 3 is 3.00 bits per heavy atom. The van der Waals surface area contributed by atoms with Gasteiger partial charge in [-0.05, 0) is 47.5 Å². The molecule has 0 aliphatic heterocycles. The first-order valence-electron chi connectivity index (χ1n) is 6.61. The highest BCUT2D eigenvalue weighted by molar-refractivity contribution is 9.10. The van der Waals surface area contributed by atoms with Crippen LogP contribution in [0.15, 0.2) is 34.9 Å². The largest absolute Gasteiger partial charge is 0.343 e. The Balaban J connectivity index is 1.91. The van der Waals surface area contributed by atoms with E-state index in [9.17, 15) is 4.79 Å². The first-order chi connectivity index (χ1) is 10.1. The monoisotopic (exact) mass is 363 g/mol. The van der Waals surface area contributed by atoms with Crippen LogP contribution >= 0.6 is 27.3 Å². The van der Waals surface area contributed by atoms with Crippen LogP contribution in [0, 0.1) is 6.92 Å². The summed E-state index contributed by atoms with van der Waals surface area (Å²) in [5.41, 5.74) is 2.69. The number of para-hydroxylation sites is 1. The summed E-state index contributed by atoms with van der Waals surface area (Å²) < 4.78 is 3.88. The second kappa shape index (κ2) is 5.61. The predicted molar refractivity (Wildman–Crippen MR) is 90.1 cm³/mol. The number of benzene rings is 1. The molecule has 0 atom stereocenters. The summed E-state index contributed by atoms with van der Waals surface area (Å²) in [6.45, 7) is 4.77. The van der Waals surface area contributed by atoms with Crippen LogP contribution in [0.25, 0.3) is 10.2 Å². The molecule has 0 saturated carbocycles. The highest BCUT2D eigenvalue weighted by atomic mass is 79.9. The molecule has 0 saturated heterocycles. The zero-order chi connectivity index (χ0) is 15.0. The van der Waals surface area contributed by atoms with Crippen LogP contribution in [0.4, 0.5) is 5.13 Å². The SMILES string of the molecule is CCn1cc(Br)cc1C(=O)Nc1nc2c(C)cccc2s1. The number of fused-ring (bicyclic) bond motifs is 1. The molecule has 3 rings (SSSR count). The number of halogens is 1. The van der Waals surface area contributed by atoms with Crippen LogP contribution in [0.2, 0.25) is 0 Å². The van der Waals surface area contributed by atoms with E-state index in [-0.39, 0.29) is 5.91 Å². The third-order valence-electron chi connectivity index (χ3n) is 3.28. The molecular formula is C15H14BrN3OS. The molecule has 2 heterocycles. The molecule has 0 fully saturated rings. The molecule has 0 aliphatic carbocycles. The van der Waals surface area contributed by atoms with Crippen molar-refractivity contribution in [2.45, 2.75) is 20.4 Å². The Labute approximate surface area is 134 Å². The topological polar surface area (TPSA) is 46.9 Å². The molecule has 1 aromatic carbocycles. The standard InChI is InChI=1S/C15H14BrN3OS/c1-3-19-8-10(16)7-11(19)14(20)18-15-17-13-9(2)5-4-6-12(13)21-15/h4-8H,3H2,1-2H3,(H,17,18,20). The summed E-state index contributed by atoms with van der Waals surface area (Å²) in [7, 11) is 0. The Morgan fingerprint density at radius 1 is 1.48 bits per heavy atom. The minimum atomic E-state index is -0.140. The molecule has 0 spiro atoms. The molecule has 0 radical (unpaired) electrons. The van der Waals surface area contributed by atoms with Crippen molar-refractivity contribution in [1.29, 1.82) is 0 Å². The van der Waals surface area contributed by atoms with E-state index in [1.807, 2.05) is 48.9 Å². The number of carbonyl (C=O) groups excluding carboxylic acids is 1. The third-order valence-corrected chi connectivity index (χ3v) is 4.65. The normalized spacial score (nSPS) is 11.0. The summed E-state index contributed by atoms with van der Waals surface area (Å²) in [5, 5.41) is 3.52. The maximum absolute atomic E-state index is 12.4. The Bertz CT molecular complexity index is 822. The van der Waals surface area contributed by atoms with Crippen LogP contribution in [-0.4, -0.2) is 15.5 Å². The predicted octanol–water partition coefficient (Wildman–Crippen LogP) is 4.44. The highest BCUT2D eigenvalue weighted by Gasteiger charge is 2.15. The first-order valence-corrected chi connectivity index (χ1v) is 8.22. The van der Waals surface area contributed by atoms with E-state index in [2.05, 4.69) is 26.2 Å². The molecule has 108 valence electrons. The van der Waals surface area contributed by atoms with Crippen molar-refractivity contribution in [3.8, 4) is 0 Å². The van der Waals surface area contributed by atoms with E-state index in [1.165, 1.54) is 11.3 Å². The fourth-order valence-corrected chi connectivity index (χ4v) is 3.63. The van der Waals surface area contributed by atoms with Crippen LogP contribution in [0.1, 0.15) is 23.0 Å². The van der Waals surface area contributed by atoms with Gasteiger partial charge in [-0.15, -0.1) is 0 Å². The zero-order valence-corrected chi connectivity index (χ0v) is 14.1. The summed E-state index contributed by atoms with van der Waals surface area (Å²) in [4.78, 5) is 16.9. The van der Waals surface area contributed by atoms with E-state index >= 15 is 0 Å². The van der Waals surface area contributed by atoms with Gasteiger partial charge in [-0.25, -0.2) is 4.98 Å². The van der Waals surface area contributed by atoms with Gasteiger partial charge in [0.1, 0.15) is 5.69 Å². The van der Waals surface area contributed by atoms with Crippen LogP contribution in [0.5, 0.6) is 0 Å². The van der Waals surface area contributed by atoms with Crippen molar-refractivity contribution in [1.82, 2.24) is 9.55 Å². The average molecular weight is 364 g/mol. The van der Waals surface area contributed by atoms with Crippen LogP contribution < -0.4 is 5.32 Å². The number of aromatic nitrogens is 2. The lowest BCUT2D eigenvalue weighted by molar-refractivity contribution is 0.101. The molecule has 1 N–H and O–H groups in total. The molecule has 6 heteroatoms. The van der Waals surface area contributed by atoms with E-state index in [0.29, 0.717) is 10.8 Å². The van der Waals surface area contributed by atoms with Gasteiger partial charge in [0.25, 0.3) is 5.91 Å². The number of anilines is 1. The average Bonchev–Trinajstić information content (AvgIpc) is 3.02. The van der Waals surface area contributed by atoms with E-state index in [1.54, 1.807) is 0 Å². The quantitative estimate of drug-likeness (QED) is 0.747. The number of hydrogen-bond donors (Lipinski definition) is 1. The van der Waals surface area contributed by atoms with Crippen LogP contribution in [-0.2, 0) is 6.54 Å². The van der Waals surface area contributed by atoms with Gasteiger partial charge in [-0.1, -0.05) is 23.5 Å². The Hall–Kier alpha value is -1.66. The molecule has 0 bridgehead atoms. The van der Waals surface area contributed by atoms with Gasteiger partial charge in [-0.2, -0.15) is 0 Å². The number of amides is 1. The molecular weight excluding hydrogens is 350 g/mol. The smallest absolute Gasteiger partial charge is 0.274 e. The lowest BCUT2D eigenvalue weighted by Crippen LogP contribution is -2.16. The summed E-state index contributed by atoms with van der Waals surface area (Å²) in [6, 6.07) is 7.85. The van der Waals surface area contributed by atoms with Gasteiger partial charge in [0.2, 0.25) is 0 Å². The number of nitrogens with zero attached hydrogens (tertiary/aromatic N) is 2. The number of carbonyl (C=O) groups is 1. The number of aryl methyl sites for hydroxylation is 2. The van der Waals surface area contributed by atoms with Gasteiger partial charge < -0.3 is 4.57 Å². The van der Waals surface area contributed by atoms with Crippen molar-refractivity contribution >= 4 is 48.5 Å². The minimum Gasteiger partial charge on any atom is -0.343 e. The minimum absolute atomic E-state index is 0.140. The lowest BCUT2D eigenvalue weighted by atomic mass is 10.2. The molecule has 4 nitrogen and oxygen atoms in total. The number of nitrogens with one attached hydrogen (secondary N) is 1. The van der Waals surface area contributed by atoms with Crippen molar-refractivity contribution in [3.05, 3.63) is 46.2 Å². The fourth-order valence-electron chi connectivity index (χ4n) is 2.23.